The molecule has 1 unspecified atom stereocenters. The van der Waals surface area contributed by atoms with Gasteiger partial charge in [0.2, 0.25) is 5.91 Å². The number of rotatable bonds is 10. The maximum Gasteiger partial charge on any atom is 0.254 e. The molecule has 200 valence electrons. The zero-order valence-corrected chi connectivity index (χ0v) is 21.4. The SMILES string of the molecule is NCCNC(=O)[C@H]1CC(N(CCc2ccccc2)Cc2ccc(F)cc2)CCN1C(=O)c1ccc(F)cc1. The second kappa shape index (κ2) is 13.3. The highest BCUT2D eigenvalue weighted by molar-refractivity contribution is 5.97. The van der Waals surface area contributed by atoms with Crippen molar-refractivity contribution in [3.05, 3.63) is 107 Å². The lowest BCUT2D eigenvalue weighted by molar-refractivity contribution is -0.127. The fraction of sp³-hybridized carbons (Fsp3) is 0.333. The lowest BCUT2D eigenvalue weighted by Crippen LogP contribution is -2.57. The minimum absolute atomic E-state index is 0.0228. The van der Waals surface area contributed by atoms with Gasteiger partial charge in [0, 0.05) is 44.3 Å². The molecule has 2 amide bonds. The summed E-state index contributed by atoms with van der Waals surface area (Å²) in [5.74, 6) is -1.26. The molecule has 6 nitrogen and oxygen atoms in total. The Morgan fingerprint density at radius 1 is 0.921 bits per heavy atom. The third-order valence-corrected chi connectivity index (χ3v) is 7.02. The number of likely N-dealkylation sites (tertiary alicyclic amines) is 1. The third-order valence-electron chi connectivity index (χ3n) is 7.02. The van der Waals surface area contributed by atoms with Crippen molar-refractivity contribution in [3.8, 4) is 0 Å². The summed E-state index contributed by atoms with van der Waals surface area (Å²) < 4.78 is 27.0. The van der Waals surface area contributed by atoms with E-state index in [4.69, 9.17) is 5.73 Å². The summed E-state index contributed by atoms with van der Waals surface area (Å²) >= 11 is 0. The first kappa shape index (κ1) is 27.4. The summed E-state index contributed by atoms with van der Waals surface area (Å²) in [7, 11) is 0. The van der Waals surface area contributed by atoms with Gasteiger partial charge in [-0.25, -0.2) is 8.78 Å². The fourth-order valence-corrected chi connectivity index (χ4v) is 4.97. The van der Waals surface area contributed by atoms with Gasteiger partial charge in [-0.15, -0.1) is 0 Å². The molecule has 0 aromatic heterocycles. The lowest BCUT2D eigenvalue weighted by Gasteiger charge is -2.43. The van der Waals surface area contributed by atoms with Gasteiger partial charge in [0.25, 0.3) is 5.91 Å². The molecule has 0 bridgehead atoms. The van der Waals surface area contributed by atoms with Gasteiger partial charge in [-0.1, -0.05) is 42.5 Å². The normalized spacial score (nSPS) is 17.4. The Hall–Kier alpha value is -3.62. The van der Waals surface area contributed by atoms with Gasteiger partial charge < -0.3 is 16.0 Å². The molecule has 0 radical (unpaired) electrons. The Morgan fingerprint density at radius 2 is 1.58 bits per heavy atom. The number of amides is 2. The molecule has 4 rings (SSSR count). The predicted molar refractivity (Wildman–Crippen MR) is 143 cm³/mol. The third kappa shape index (κ3) is 7.24. The number of hydrogen-bond acceptors (Lipinski definition) is 4. The average molecular weight is 521 g/mol. The minimum atomic E-state index is -0.690. The summed E-state index contributed by atoms with van der Waals surface area (Å²) in [6.07, 6.45) is 1.93. The number of hydrogen-bond donors (Lipinski definition) is 2. The summed E-state index contributed by atoms with van der Waals surface area (Å²) in [6.45, 7) is 2.33. The van der Waals surface area contributed by atoms with E-state index in [1.54, 1.807) is 17.0 Å². The van der Waals surface area contributed by atoms with Gasteiger partial charge in [0.1, 0.15) is 17.7 Å². The summed E-state index contributed by atoms with van der Waals surface area (Å²) in [5.41, 5.74) is 8.13. The van der Waals surface area contributed by atoms with Gasteiger partial charge in [-0.2, -0.15) is 0 Å². The zero-order chi connectivity index (χ0) is 26.9. The Balaban J connectivity index is 1.56. The van der Waals surface area contributed by atoms with Crippen LogP contribution in [0, 0.1) is 11.6 Å². The molecule has 3 aromatic carbocycles. The summed E-state index contributed by atoms with van der Waals surface area (Å²) in [5, 5.41) is 2.84. The molecule has 1 fully saturated rings. The lowest BCUT2D eigenvalue weighted by atomic mass is 9.93. The van der Waals surface area contributed by atoms with E-state index in [9.17, 15) is 18.4 Å². The van der Waals surface area contributed by atoms with Crippen LogP contribution in [0.3, 0.4) is 0 Å². The first-order valence-electron chi connectivity index (χ1n) is 13.0. The maximum absolute atomic E-state index is 13.5. The highest BCUT2D eigenvalue weighted by atomic mass is 19.1. The maximum atomic E-state index is 13.5. The van der Waals surface area contributed by atoms with E-state index in [2.05, 4.69) is 22.3 Å². The second-order valence-corrected chi connectivity index (χ2v) is 9.61. The van der Waals surface area contributed by atoms with E-state index in [-0.39, 0.29) is 23.7 Å². The van der Waals surface area contributed by atoms with Crippen molar-refractivity contribution in [1.82, 2.24) is 15.1 Å². The highest BCUT2D eigenvalue weighted by Gasteiger charge is 2.38. The fourth-order valence-electron chi connectivity index (χ4n) is 4.97. The Kier molecular flexibility index (Phi) is 9.56. The van der Waals surface area contributed by atoms with E-state index in [0.717, 1.165) is 18.5 Å². The molecule has 1 heterocycles. The van der Waals surface area contributed by atoms with Crippen molar-refractivity contribution in [2.45, 2.75) is 37.9 Å². The van der Waals surface area contributed by atoms with Crippen molar-refractivity contribution >= 4 is 11.8 Å². The van der Waals surface area contributed by atoms with Crippen LogP contribution in [0.25, 0.3) is 0 Å². The molecule has 0 saturated carbocycles. The number of nitrogens with two attached hydrogens (primary N) is 1. The van der Waals surface area contributed by atoms with Crippen molar-refractivity contribution in [2.24, 2.45) is 5.73 Å². The van der Waals surface area contributed by atoms with Crippen molar-refractivity contribution in [2.75, 3.05) is 26.2 Å². The summed E-state index contributed by atoms with van der Waals surface area (Å²) in [6, 6.07) is 21.4. The molecule has 1 aliphatic rings. The predicted octanol–water partition coefficient (Wildman–Crippen LogP) is 3.76. The quantitative estimate of drug-likeness (QED) is 0.427. The average Bonchev–Trinajstić information content (AvgIpc) is 2.95. The van der Waals surface area contributed by atoms with Gasteiger partial charge in [-0.05, 0) is 66.8 Å². The molecule has 1 saturated heterocycles. The van der Waals surface area contributed by atoms with E-state index in [0.29, 0.717) is 44.6 Å². The highest BCUT2D eigenvalue weighted by Crippen LogP contribution is 2.26. The standard InChI is InChI=1S/C30H34F2N4O2/c31-25-10-6-23(7-11-25)21-35(18-14-22-4-2-1-3-5-22)27-15-19-36(28(20-27)29(37)34-17-16-33)30(38)24-8-12-26(32)13-9-24/h1-13,27-28H,14-21,33H2,(H,34,37)/t27?,28-/m1/s1. The monoisotopic (exact) mass is 520 g/mol. The zero-order valence-electron chi connectivity index (χ0n) is 21.4. The topological polar surface area (TPSA) is 78.7 Å². The second-order valence-electron chi connectivity index (χ2n) is 9.61. The van der Waals surface area contributed by atoms with Gasteiger partial charge in [-0.3, -0.25) is 14.5 Å². The number of piperidine rings is 1. The minimum Gasteiger partial charge on any atom is -0.353 e. The van der Waals surface area contributed by atoms with Crippen LogP contribution in [0.5, 0.6) is 0 Å². The smallest absolute Gasteiger partial charge is 0.254 e. The molecular formula is C30H34F2N4O2. The number of nitrogens with zero attached hydrogens (tertiary/aromatic N) is 2. The van der Waals surface area contributed by atoms with Crippen LogP contribution in [-0.2, 0) is 17.8 Å². The first-order chi connectivity index (χ1) is 18.4. The van der Waals surface area contributed by atoms with Crippen molar-refractivity contribution in [1.29, 1.82) is 0 Å². The molecule has 8 heteroatoms. The molecule has 1 aliphatic heterocycles. The Morgan fingerprint density at radius 3 is 2.24 bits per heavy atom. The van der Waals surface area contributed by atoms with Crippen molar-refractivity contribution in [3.63, 3.8) is 0 Å². The van der Waals surface area contributed by atoms with E-state index >= 15 is 0 Å². The van der Waals surface area contributed by atoms with Crippen LogP contribution in [0.15, 0.2) is 78.9 Å². The Bertz CT molecular complexity index is 1190. The molecule has 0 aliphatic carbocycles. The van der Waals surface area contributed by atoms with Crippen LogP contribution in [0.2, 0.25) is 0 Å². The molecule has 0 spiro atoms. The first-order valence-corrected chi connectivity index (χ1v) is 13.0. The molecule has 38 heavy (non-hydrogen) atoms. The number of nitrogens with one attached hydrogen (secondary N) is 1. The van der Waals surface area contributed by atoms with Crippen LogP contribution >= 0.6 is 0 Å². The largest absolute Gasteiger partial charge is 0.353 e. The number of carbonyl (C=O) groups excluding carboxylic acids is 2. The molecule has 3 aromatic rings. The molecular weight excluding hydrogens is 486 g/mol. The van der Waals surface area contributed by atoms with Gasteiger partial charge in [0.15, 0.2) is 0 Å². The number of carbonyl (C=O) groups is 2. The van der Waals surface area contributed by atoms with Gasteiger partial charge in [0.05, 0.1) is 0 Å². The summed E-state index contributed by atoms with van der Waals surface area (Å²) in [4.78, 5) is 30.5. The van der Waals surface area contributed by atoms with E-state index < -0.39 is 11.9 Å². The van der Waals surface area contributed by atoms with E-state index in [1.807, 2.05) is 18.2 Å². The Labute approximate surface area is 222 Å². The van der Waals surface area contributed by atoms with Crippen LogP contribution < -0.4 is 11.1 Å². The van der Waals surface area contributed by atoms with Crippen molar-refractivity contribution < 1.29 is 18.4 Å². The van der Waals surface area contributed by atoms with E-state index in [1.165, 1.54) is 42.0 Å². The molecule has 3 N–H and O–H groups in total. The van der Waals surface area contributed by atoms with Crippen LogP contribution in [0.1, 0.15) is 34.3 Å². The number of halogens is 2. The van der Waals surface area contributed by atoms with Crippen LogP contribution in [0.4, 0.5) is 8.78 Å². The number of benzene rings is 3. The van der Waals surface area contributed by atoms with Crippen LogP contribution in [-0.4, -0.2) is 59.9 Å². The molecule has 2 atom stereocenters. The van der Waals surface area contributed by atoms with Gasteiger partial charge >= 0.3 is 0 Å².